The minimum absolute atomic E-state index is 0.350. The number of methoxy groups -OCH3 is 1. The van der Waals surface area contributed by atoms with Gasteiger partial charge < -0.3 is 14.2 Å². The summed E-state index contributed by atoms with van der Waals surface area (Å²) in [7, 11) is 1.34. The predicted molar refractivity (Wildman–Crippen MR) is 92.5 cm³/mol. The largest absolute Gasteiger partial charge is 0.493 e. The highest BCUT2D eigenvalue weighted by atomic mass is 16.5. The van der Waals surface area contributed by atoms with E-state index in [1.54, 1.807) is 6.08 Å². The summed E-state index contributed by atoms with van der Waals surface area (Å²) in [6, 6.07) is 7.40. The molecule has 0 heterocycles. The third-order valence-corrected chi connectivity index (χ3v) is 2.91. The lowest BCUT2D eigenvalue weighted by Gasteiger charge is -2.04. The summed E-state index contributed by atoms with van der Waals surface area (Å²) in [6.07, 6.45) is 9.55. The fraction of sp³-hybridized carbons (Fsp3) is 0.263. The van der Waals surface area contributed by atoms with Crippen molar-refractivity contribution in [1.82, 2.24) is 0 Å². The van der Waals surface area contributed by atoms with Crippen LogP contribution in [-0.4, -0.2) is 32.3 Å². The van der Waals surface area contributed by atoms with Crippen LogP contribution in [0.3, 0.4) is 0 Å². The molecule has 24 heavy (non-hydrogen) atoms. The molecule has 0 spiro atoms. The first kappa shape index (κ1) is 19.2. The van der Waals surface area contributed by atoms with E-state index in [1.165, 1.54) is 13.2 Å². The van der Waals surface area contributed by atoms with Gasteiger partial charge in [-0.2, -0.15) is 0 Å². The van der Waals surface area contributed by atoms with Crippen molar-refractivity contribution in [3.05, 3.63) is 60.7 Å². The highest BCUT2D eigenvalue weighted by molar-refractivity contribution is 5.86. The molecule has 0 unspecified atom stereocenters. The summed E-state index contributed by atoms with van der Waals surface area (Å²) in [4.78, 5) is 21.8. The lowest BCUT2D eigenvalue weighted by molar-refractivity contribution is -0.137. The molecule has 5 heteroatoms. The molecule has 1 rings (SSSR count). The van der Waals surface area contributed by atoms with E-state index in [1.807, 2.05) is 36.4 Å². The molecule has 1 aromatic rings. The van der Waals surface area contributed by atoms with Crippen LogP contribution in [0, 0.1) is 0 Å². The maximum atomic E-state index is 11.0. The van der Waals surface area contributed by atoms with Gasteiger partial charge in [0.05, 0.1) is 20.3 Å². The summed E-state index contributed by atoms with van der Waals surface area (Å²) in [5.74, 6) is -0.0310. The van der Waals surface area contributed by atoms with E-state index in [4.69, 9.17) is 9.47 Å². The minimum Gasteiger partial charge on any atom is -0.493 e. The Morgan fingerprint density at radius 1 is 1.04 bits per heavy atom. The van der Waals surface area contributed by atoms with E-state index in [2.05, 4.69) is 11.3 Å². The summed E-state index contributed by atoms with van der Waals surface area (Å²) >= 11 is 0. The zero-order valence-electron chi connectivity index (χ0n) is 13.8. The molecule has 1 aromatic carbocycles. The number of esters is 2. The molecule has 0 aliphatic carbocycles. The van der Waals surface area contributed by atoms with Crippen molar-refractivity contribution in [1.29, 1.82) is 0 Å². The minimum atomic E-state index is -0.406. The van der Waals surface area contributed by atoms with Crippen LogP contribution in [0.1, 0.15) is 18.4 Å². The summed E-state index contributed by atoms with van der Waals surface area (Å²) < 4.78 is 15.0. The molecule has 128 valence electrons. The first-order chi connectivity index (χ1) is 11.7. The summed E-state index contributed by atoms with van der Waals surface area (Å²) in [5, 5.41) is 0. The van der Waals surface area contributed by atoms with Gasteiger partial charge in [0.1, 0.15) is 5.75 Å². The first-order valence-electron chi connectivity index (χ1n) is 7.59. The van der Waals surface area contributed by atoms with Crippen LogP contribution < -0.4 is 4.74 Å². The Hall–Kier alpha value is -2.82. The standard InChI is InChI=1S/C19H22O5/c1-3-18(20)24-15-7-5-4-6-14-23-17-11-8-16(9-12-17)10-13-19(21)22-2/h3-5,8-13H,1,6-7,14-15H2,2H3/b5-4+,13-10+. The molecule has 0 aliphatic rings. The molecular weight excluding hydrogens is 308 g/mol. The van der Waals surface area contributed by atoms with Crippen LogP contribution in [0.2, 0.25) is 0 Å². The summed E-state index contributed by atoms with van der Waals surface area (Å²) in [5.41, 5.74) is 0.890. The fourth-order valence-corrected chi connectivity index (χ4v) is 1.67. The second-order valence-electron chi connectivity index (χ2n) is 4.69. The van der Waals surface area contributed by atoms with Crippen molar-refractivity contribution >= 4 is 18.0 Å². The molecule has 0 amide bonds. The van der Waals surface area contributed by atoms with Crippen molar-refractivity contribution in [2.75, 3.05) is 20.3 Å². The van der Waals surface area contributed by atoms with Crippen LogP contribution in [0.5, 0.6) is 5.75 Å². The zero-order valence-corrected chi connectivity index (χ0v) is 13.8. The summed E-state index contributed by atoms with van der Waals surface area (Å²) in [6.45, 7) is 4.23. The average molecular weight is 330 g/mol. The van der Waals surface area contributed by atoms with Gasteiger partial charge >= 0.3 is 11.9 Å². The Morgan fingerprint density at radius 2 is 1.71 bits per heavy atom. The van der Waals surface area contributed by atoms with Crippen molar-refractivity contribution < 1.29 is 23.8 Å². The van der Waals surface area contributed by atoms with Gasteiger partial charge in [0.15, 0.2) is 0 Å². The van der Waals surface area contributed by atoms with Gasteiger partial charge in [-0.3, -0.25) is 0 Å². The first-order valence-corrected chi connectivity index (χ1v) is 7.59. The maximum Gasteiger partial charge on any atom is 0.330 e. The molecule has 0 bridgehead atoms. The highest BCUT2D eigenvalue weighted by Crippen LogP contribution is 2.13. The second-order valence-corrected chi connectivity index (χ2v) is 4.69. The van der Waals surface area contributed by atoms with Gasteiger partial charge in [0.25, 0.3) is 0 Å². The van der Waals surface area contributed by atoms with Gasteiger partial charge in [-0.05, 0) is 36.6 Å². The zero-order chi connectivity index (χ0) is 17.6. The van der Waals surface area contributed by atoms with Crippen LogP contribution in [0.4, 0.5) is 0 Å². The fourth-order valence-electron chi connectivity index (χ4n) is 1.67. The molecule has 0 N–H and O–H groups in total. The average Bonchev–Trinajstić information content (AvgIpc) is 2.62. The van der Waals surface area contributed by atoms with Crippen LogP contribution in [-0.2, 0) is 19.1 Å². The van der Waals surface area contributed by atoms with Crippen molar-refractivity contribution in [2.45, 2.75) is 12.8 Å². The molecule has 0 radical (unpaired) electrons. The van der Waals surface area contributed by atoms with Crippen LogP contribution >= 0.6 is 0 Å². The molecule has 0 atom stereocenters. The van der Waals surface area contributed by atoms with Crippen LogP contribution in [0.15, 0.2) is 55.1 Å². The number of carbonyl (C=O) groups is 2. The molecule has 0 saturated carbocycles. The van der Waals surface area contributed by atoms with E-state index < -0.39 is 5.97 Å². The van der Waals surface area contributed by atoms with E-state index in [0.29, 0.717) is 19.6 Å². The third kappa shape index (κ3) is 8.58. The molecule has 0 fully saturated rings. The van der Waals surface area contributed by atoms with Crippen molar-refractivity contribution in [3.8, 4) is 5.75 Å². The number of ether oxygens (including phenoxy) is 3. The lowest BCUT2D eigenvalue weighted by atomic mass is 10.2. The molecule has 0 saturated heterocycles. The normalized spacial score (nSPS) is 10.7. The lowest BCUT2D eigenvalue weighted by Crippen LogP contribution is -2.00. The third-order valence-electron chi connectivity index (χ3n) is 2.91. The molecular formula is C19H22O5. The van der Waals surface area contributed by atoms with Gasteiger partial charge in [-0.25, -0.2) is 9.59 Å². The Morgan fingerprint density at radius 3 is 2.33 bits per heavy atom. The van der Waals surface area contributed by atoms with Gasteiger partial charge in [-0.1, -0.05) is 30.9 Å². The molecule has 5 nitrogen and oxygen atoms in total. The Balaban J connectivity index is 2.21. The van der Waals surface area contributed by atoms with E-state index in [0.717, 1.165) is 23.8 Å². The SMILES string of the molecule is C=CC(=O)OCC/C=C/CCOc1ccc(/C=C/C(=O)OC)cc1. The smallest absolute Gasteiger partial charge is 0.330 e. The van der Waals surface area contributed by atoms with E-state index in [-0.39, 0.29) is 5.97 Å². The Kier molecular flexibility index (Phi) is 9.38. The van der Waals surface area contributed by atoms with Gasteiger partial charge in [0.2, 0.25) is 0 Å². The Bertz CT molecular complexity index is 584. The van der Waals surface area contributed by atoms with Crippen molar-refractivity contribution in [2.24, 2.45) is 0 Å². The quantitative estimate of drug-likeness (QED) is 0.285. The number of benzene rings is 1. The second kappa shape index (κ2) is 11.7. The van der Waals surface area contributed by atoms with E-state index >= 15 is 0 Å². The van der Waals surface area contributed by atoms with Crippen LogP contribution in [0.25, 0.3) is 6.08 Å². The highest BCUT2D eigenvalue weighted by Gasteiger charge is 1.95. The van der Waals surface area contributed by atoms with Gasteiger partial charge in [0, 0.05) is 12.2 Å². The molecule has 0 aliphatic heterocycles. The number of hydrogen-bond acceptors (Lipinski definition) is 5. The maximum absolute atomic E-state index is 11.0. The predicted octanol–water partition coefficient (Wildman–Crippen LogP) is 3.32. The van der Waals surface area contributed by atoms with Crippen molar-refractivity contribution in [3.63, 3.8) is 0 Å². The number of hydrogen-bond donors (Lipinski definition) is 0. The van der Waals surface area contributed by atoms with E-state index in [9.17, 15) is 9.59 Å². The topological polar surface area (TPSA) is 61.8 Å². The number of carbonyl (C=O) groups excluding carboxylic acids is 2. The monoisotopic (exact) mass is 330 g/mol. The number of rotatable bonds is 10. The molecule has 0 aromatic heterocycles. The van der Waals surface area contributed by atoms with Gasteiger partial charge in [-0.15, -0.1) is 0 Å². The Labute approximate surface area is 142 Å².